The van der Waals surface area contributed by atoms with E-state index in [1.165, 1.54) is 34.9 Å². The molecule has 0 radical (unpaired) electrons. The van der Waals surface area contributed by atoms with Gasteiger partial charge in [-0.3, -0.25) is 9.52 Å². The minimum Gasteiger partial charge on any atom is -0.316 e. The molecule has 17 heteroatoms. The highest BCUT2D eigenvalue weighted by Crippen LogP contribution is 2.39. The van der Waals surface area contributed by atoms with Crippen molar-refractivity contribution in [2.45, 2.75) is 123 Å². The van der Waals surface area contributed by atoms with Gasteiger partial charge in [0.2, 0.25) is 0 Å². The highest BCUT2D eigenvalue weighted by Gasteiger charge is 2.56. The topological polar surface area (TPSA) is 125 Å². The second-order valence-electron chi connectivity index (χ2n) is 13.3. The Balaban J connectivity index is 1.77. The number of nitrogens with one attached hydrogen (secondary N) is 2. The average Bonchev–Trinajstić information content (AvgIpc) is 3.08. The molecule has 1 heterocycles. The fourth-order valence-corrected chi connectivity index (χ4v) is 6.66. The van der Waals surface area contributed by atoms with Gasteiger partial charge in [0.1, 0.15) is 5.54 Å². The number of carbonyl (C=O) groups is 3. The van der Waals surface area contributed by atoms with Crippen LogP contribution < -0.4 is 14.9 Å². The summed E-state index contributed by atoms with van der Waals surface area (Å²) in [5.41, 5.74) is -1.06. The number of carbonyl (C=O) groups excluding carboxylic acids is 3. The first-order valence-electron chi connectivity index (χ1n) is 15.8. The molecule has 0 bridgehead atoms. The van der Waals surface area contributed by atoms with E-state index in [-0.39, 0.29) is 23.5 Å². The van der Waals surface area contributed by atoms with Crippen molar-refractivity contribution in [1.82, 2.24) is 10.2 Å². The lowest BCUT2D eigenvalue weighted by atomic mass is 10.0. The van der Waals surface area contributed by atoms with Crippen molar-refractivity contribution in [3.63, 3.8) is 0 Å². The van der Waals surface area contributed by atoms with E-state index in [1.807, 2.05) is 0 Å². The number of unbranched alkanes of at least 4 members (excludes halogenated alkanes) is 6. The van der Waals surface area contributed by atoms with Gasteiger partial charge in [0.05, 0.1) is 11.4 Å². The first kappa shape index (κ1) is 41.4. The van der Waals surface area contributed by atoms with Gasteiger partial charge in [-0.25, -0.2) is 14.5 Å². The zero-order chi connectivity index (χ0) is 36.6. The molecule has 48 heavy (non-hydrogen) atoms. The van der Waals surface area contributed by atoms with Gasteiger partial charge in [0.15, 0.2) is 0 Å². The molecule has 1 fully saturated rings. The van der Waals surface area contributed by atoms with Crippen LogP contribution in [0.2, 0.25) is 0 Å². The number of benzene rings is 1. The van der Waals surface area contributed by atoms with Gasteiger partial charge >= 0.3 is 34.5 Å². The van der Waals surface area contributed by atoms with Gasteiger partial charge < -0.3 is 14.4 Å². The molecule has 1 saturated heterocycles. The van der Waals surface area contributed by atoms with Crippen LogP contribution in [0.4, 0.5) is 42.9 Å². The van der Waals surface area contributed by atoms with Gasteiger partial charge in [-0.05, 0) is 96.1 Å². The molecule has 2 N–H and O–H groups in total. The van der Waals surface area contributed by atoms with E-state index in [9.17, 15) is 44.8 Å². The number of alkyl halides is 5. The third kappa shape index (κ3) is 12.3. The molecule has 1 aromatic carbocycles. The van der Waals surface area contributed by atoms with E-state index in [0.717, 1.165) is 43.4 Å². The molecular formula is C31H47F5N4O6S2. The van der Waals surface area contributed by atoms with E-state index >= 15 is 0 Å². The normalized spacial score (nSPS) is 15.6. The molecule has 0 aliphatic carbocycles. The summed E-state index contributed by atoms with van der Waals surface area (Å²) in [5.74, 6) is -4.09. The van der Waals surface area contributed by atoms with Crippen molar-refractivity contribution in [3.8, 4) is 0 Å². The summed E-state index contributed by atoms with van der Waals surface area (Å²) in [6, 6.07) is 3.81. The maximum atomic E-state index is 13.4. The Morgan fingerprint density at radius 2 is 1.48 bits per heavy atom. The van der Waals surface area contributed by atoms with E-state index in [1.54, 1.807) is 41.5 Å². The van der Waals surface area contributed by atoms with E-state index in [0.29, 0.717) is 24.3 Å². The van der Waals surface area contributed by atoms with Crippen LogP contribution in [-0.4, -0.2) is 72.6 Å². The van der Waals surface area contributed by atoms with E-state index in [4.69, 9.17) is 0 Å². The monoisotopic (exact) mass is 730 g/mol. The highest BCUT2D eigenvalue weighted by molar-refractivity contribution is 7.99. The SMILES string of the molecule is Cc1cc(N2C(=O)N(CCCCCCCCCSCCCC(F)(F)C(F)(F)F)C(C)(C)C2=O)ccc1NS(=O)(=O)OC(=O)NC(C)(C)C. The smallest absolute Gasteiger partial charge is 0.316 e. The van der Waals surface area contributed by atoms with Crippen LogP contribution in [0.15, 0.2) is 18.2 Å². The van der Waals surface area contributed by atoms with Gasteiger partial charge in [0, 0.05) is 18.5 Å². The first-order chi connectivity index (χ1) is 22.0. The average molecular weight is 731 g/mol. The van der Waals surface area contributed by atoms with Crippen molar-refractivity contribution in [2.75, 3.05) is 27.7 Å². The highest BCUT2D eigenvalue weighted by atomic mass is 32.2. The lowest BCUT2D eigenvalue weighted by molar-refractivity contribution is -0.284. The summed E-state index contributed by atoms with van der Waals surface area (Å²) >= 11 is 1.38. The number of nitrogens with zero attached hydrogens (tertiary/aromatic N) is 2. The lowest BCUT2D eigenvalue weighted by Gasteiger charge is -2.27. The molecule has 4 amide bonds. The fraction of sp³-hybridized carbons (Fsp3) is 0.710. The molecule has 0 atom stereocenters. The minimum absolute atomic E-state index is 0.100. The Bertz CT molecular complexity index is 1380. The summed E-state index contributed by atoms with van der Waals surface area (Å²) < 4.78 is 93.8. The second kappa shape index (κ2) is 16.7. The van der Waals surface area contributed by atoms with Crippen LogP contribution in [0.1, 0.15) is 98.0 Å². The quantitative estimate of drug-likeness (QED) is 0.0887. The number of imide groups is 1. The first-order valence-corrected chi connectivity index (χ1v) is 18.4. The van der Waals surface area contributed by atoms with Crippen molar-refractivity contribution < 1.29 is 48.9 Å². The Morgan fingerprint density at radius 3 is 2.04 bits per heavy atom. The van der Waals surface area contributed by atoms with E-state index in [2.05, 4.69) is 14.2 Å². The van der Waals surface area contributed by atoms with Gasteiger partial charge in [0.25, 0.3) is 5.91 Å². The molecule has 0 spiro atoms. The molecule has 2 rings (SSSR count). The zero-order valence-electron chi connectivity index (χ0n) is 28.3. The van der Waals surface area contributed by atoms with Crippen LogP contribution in [0.25, 0.3) is 0 Å². The predicted octanol–water partition coefficient (Wildman–Crippen LogP) is 8.17. The maximum absolute atomic E-state index is 13.4. The standard InChI is InChI=1S/C31H47F5N4O6S2/c1-22-21-23(15-16-24(22)38-48(44,45)46-26(42)37-28(2,3)4)40-25(41)29(5,6)39(27(40)43)18-12-10-8-7-9-11-13-19-47-20-14-17-30(32,33)31(34,35)36/h15-16,21,38H,7-14,17-20H2,1-6H3,(H,37,42). The number of anilines is 2. The van der Waals surface area contributed by atoms with Crippen molar-refractivity contribution in [3.05, 3.63) is 23.8 Å². The molecule has 1 aliphatic heterocycles. The van der Waals surface area contributed by atoms with Crippen molar-refractivity contribution in [1.29, 1.82) is 0 Å². The predicted molar refractivity (Wildman–Crippen MR) is 177 cm³/mol. The number of rotatable bonds is 18. The van der Waals surface area contributed by atoms with Crippen LogP contribution in [-0.2, 0) is 19.3 Å². The molecule has 0 unspecified atom stereocenters. The Hall–Kier alpha value is -2.82. The minimum atomic E-state index is -5.50. The zero-order valence-corrected chi connectivity index (χ0v) is 29.9. The van der Waals surface area contributed by atoms with Crippen LogP contribution in [0.5, 0.6) is 0 Å². The van der Waals surface area contributed by atoms with Crippen LogP contribution >= 0.6 is 11.8 Å². The summed E-state index contributed by atoms with van der Waals surface area (Å²) in [7, 11) is -4.51. The Kier molecular flexibility index (Phi) is 14.4. The number of halogens is 5. The third-order valence-corrected chi connectivity index (χ3v) is 9.55. The van der Waals surface area contributed by atoms with E-state index < -0.39 is 57.9 Å². The molecule has 0 aromatic heterocycles. The number of amides is 4. The number of hydrogen-bond donors (Lipinski definition) is 2. The number of hydrogen-bond acceptors (Lipinski definition) is 7. The van der Waals surface area contributed by atoms with Crippen molar-refractivity contribution in [2.24, 2.45) is 0 Å². The number of urea groups is 1. The molecule has 274 valence electrons. The third-order valence-electron chi connectivity index (χ3n) is 7.55. The fourth-order valence-electron chi connectivity index (χ4n) is 4.92. The van der Waals surface area contributed by atoms with Crippen LogP contribution in [0, 0.1) is 6.92 Å². The largest absolute Gasteiger partial charge is 0.453 e. The molecular weight excluding hydrogens is 683 g/mol. The summed E-state index contributed by atoms with van der Waals surface area (Å²) in [4.78, 5) is 41.2. The van der Waals surface area contributed by atoms with Crippen molar-refractivity contribution >= 4 is 51.5 Å². The summed E-state index contributed by atoms with van der Waals surface area (Å²) in [6.07, 6.45) is -1.92. The van der Waals surface area contributed by atoms with Gasteiger partial charge in [-0.15, -0.1) is 0 Å². The summed E-state index contributed by atoms with van der Waals surface area (Å²) in [6.45, 7) is 10.3. The lowest BCUT2D eigenvalue weighted by Crippen LogP contribution is -2.44. The Morgan fingerprint density at radius 1 is 0.917 bits per heavy atom. The molecule has 10 nitrogen and oxygen atoms in total. The van der Waals surface area contributed by atoms with Crippen LogP contribution in [0.3, 0.4) is 0 Å². The molecule has 1 aliphatic rings. The second-order valence-corrected chi connectivity index (χ2v) is 15.8. The maximum Gasteiger partial charge on any atom is 0.453 e. The Labute approximate surface area is 284 Å². The summed E-state index contributed by atoms with van der Waals surface area (Å²) in [5, 5.41) is 2.38. The van der Waals surface area contributed by atoms with Gasteiger partial charge in [-0.2, -0.15) is 42.1 Å². The number of thioether (sulfide) groups is 1. The molecule has 0 saturated carbocycles. The number of aryl methyl sites for hydroxylation is 1. The van der Waals surface area contributed by atoms with Gasteiger partial charge in [-0.1, -0.05) is 32.1 Å². The molecule has 1 aromatic rings.